The minimum Gasteiger partial charge on any atom is -0.330 e. The number of nitrogens with one attached hydrogen (secondary N) is 1. The molecule has 0 saturated heterocycles. The lowest BCUT2D eigenvalue weighted by atomic mass is 9.92. The van der Waals surface area contributed by atoms with E-state index in [1.807, 2.05) is 12.1 Å². The third-order valence-electron chi connectivity index (χ3n) is 3.29. The van der Waals surface area contributed by atoms with Crippen LogP contribution in [-0.4, -0.2) is 12.5 Å². The van der Waals surface area contributed by atoms with E-state index < -0.39 is 0 Å². The number of hydrogen-bond donors (Lipinski definition) is 2. The highest BCUT2D eigenvalue weighted by atomic mass is 16.1. The molecule has 0 unspecified atom stereocenters. The van der Waals surface area contributed by atoms with Crippen molar-refractivity contribution in [2.75, 3.05) is 11.9 Å². The molecule has 0 bridgehead atoms. The van der Waals surface area contributed by atoms with Crippen molar-refractivity contribution in [3.8, 4) is 0 Å². The van der Waals surface area contributed by atoms with Gasteiger partial charge in [0.1, 0.15) is 0 Å². The molecule has 3 heteroatoms. The van der Waals surface area contributed by atoms with Gasteiger partial charge in [0.15, 0.2) is 0 Å². The SMILES string of the molecule is CC(=O)Nc1ccc(C2(CCN)CC2)cc1. The third-order valence-corrected chi connectivity index (χ3v) is 3.29. The highest BCUT2D eigenvalue weighted by molar-refractivity contribution is 5.88. The van der Waals surface area contributed by atoms with Crippen molar-refractivity contribution in [1.82, 2.24) is 0 Å². The van der Waals surface area contributed by atoms with Gasteiger partial charge in [-0.2, -0.15) is 0 Å². The van der Waals surface area contributed by atoms with E-state index in [9.17, 15) is 4.79 Å². The fraction of sp³-hybridized carbons (Fsp3) is 0.462. The first kappa shape index (κ1) is 11.1. The van der Waals surface area contributed by atoms with Crippen LogP contribution in [0.3, 0.4) is 0 Å². The molecule has 3 nitrogen and oxygen atoms in total. The van der Waals surface area contributed by atoms with E-state index in [1.54, 1.807) is 0 Å². The van der Waals surface area contributed by atoms with Crippen molar-refractivity contribution < 1.29 is 4.79 Å². The zero-order valence-corrected chi connectivity index (χ0v) is 9.62. The lowest BCUT2D eigenvalue weighted by Gasteiger charge is -2.14. The monoisotopic (exact) mass is 218 g/mol. The second-order valence-corrected chi connectivity index (χ2v) is 4.58. The van der Waals surface area contributed by atoms with Crippen LogP contribution in [0.25, 0.3) is 0 Å². The topological polar surface area (TPSA) is 55.1 Å². The summed E-state index contributed by atoms with van der Waals surface area (Å²) in [6, 6.07) is 8.14. The Kier molecular flexibility index (Phi) is 2.97. The Hall–Kier alpha value is -1.35. The van der Waals surface area contributed by atoms with E-state index in [2.05, 4.69) is 17.4 Å². The van der Waals surface area contributed by atoms with Gasteiger partial charge in [0, 0.05) is 12.6 Å². The summed E-state index contributed by atoms with van der Waals surface area (Å²) in [5.74, 6) is -0.0316. The summed E-state index contributed by atoms with van der Waals surface area (Å²) in [6.07, 6.45) is 3.54. The number of anilines is 1. The fourth-order valence-corrected chi connectivity index (χ4v) is 2.22. The Morgan fingerprint density at radius 3 is 2.44 bits per heavy atom. The molecule has 16 heavy (non-hydrogen) atoms. The Morgan fingerprint density at radius 2 is 2.00 bits per heavy atom. The molecule has 86 valence electrons. The molecule has 1 saturated carbocycles. The Morgan fingerprint density at radius 1 is 1.38 bits per heavy atom. The van der Waals surface area contributed by atoms with Crippen LogP contribution in [-0.2, 0) is 10.2 Å². The molecule has 1 aromatic rings. The smallest absolute Gasteiger partial charge is 0.221 e. The van der Waals surface area contributed by atoms with Gasteiger partial charge in [-0.05, 0) is 48.9 Å². The van der Waals surface area contributed by atoms with Gasteiger partial charge in [-0.3, -0.25) is 4.79 Å². The van der Waals surface area contributed by atoms with Crippen LogP contribution in [0.4, 0.5) is 5.69 Å². The van der Waals surface area contributed by atoms with Gasteiger partial charge in [-0.15, -0.1) is 0 Å². The molecular formula is C13H18N2O. The first-order valence-electron chi connectivity index (χ1n) is 5.74. The molecule has 0 radical (unpaired) electrons. The van der Waals surface area contributed by atoms with Crippen LogP contribution >= 0.6 is 0 Å². The number of amides is 1. The predicted octanol–water partition coefficient (Wildman–Crippen LogP) is 2.03. The van der Waals surface area contributed by atoms with E-state index in [4.69, 9.17) is 5.73 Å². The number of carbonyl (C=O) groups is 1. The summed E-state index contributed by atoms with van der Waals surface area (Å²) in [4.78, 5) is 10.9. The summed E-state index contributed by atoms with van der Waals surface area (Å²) in [5.41, 5.74) is 8.18. The fourth-order valence-electron chi connectivity index (χ4n) is 2.22. The van der Waals surface area contributed by atoms with Crippen molar-refractivity contribution >= 4 is 11.6 Å². The lowest BCUT2D eigenvalue weighted by Crippen LogP contribution is -2.13. The molecule has 0 atom stereocenters. The average Bonchev–Trinajstić information content (AvgIpc) is 2.99. The summed E-state index contributed by atoms with van der Waals surface area (Å²) in [7, 11) is 0. The summed E-state index contributed by atoms with van der Waals surface area (Å²) < 4.78 is 0. The second kappa shape index (κ2) is 4.26. The zero-order valence-electron chi connectivity index (χ0n) is 9.62. The molecule has 1 fully saturated rings. The first-order chi connectivity index (χ1) is 7.66. The quantitative estimate of drug-likeness (QED) is 0.812. The number of carbonyl (C=O) groups excluding carboxylic acids is 1. The first-order valence-corrected chi connectivity index (χ1v) is 5.74. The van der Waals surface area contributed by atoms with Crippen LogP contribution in [0.2, 0.25) is 0 Å². The van der Waals surface area contributed by atoms with Crippen LogP contribution in [0.1, 0.15) is 31.7 Å². The maximum atomic E-state index is 10.9. The molecule has 1 amide bonds. The Bertz CT molecular complexity index is 379. The molecule has 1 aliphatic rings. The standard InChI is InChI=1S/C13H18N2O/c1-10(16)15-12-4-2-11(3-5-12)13(6-7-13)8-9-14/h2-5H,6-9,14H2,1H3,(H,15,16). The van der Waals surface area contributed by atoms with Crippen molar-refractivity contribution in [1.29, 1.82) is 0 Å². The van der Waals surface area contributed by atoms with Gasteiger partial charge in [0.05, 0.1) is 0 Å². The van der Waals surface area contributed by atoms with Gasteiger partial charge in [0.25, 0.3) is 0 Å². The Labute approximate surface area is 96.0 Å². The predicted molar refractivity (Wildman–Crippen MR) is 65.3 cm³/mol. The second-order valence-electron chi connectivity index (χ2n) is 4.58. The lowest BCUT2D eigenvalue weighted by molar-refractivity contribution is -0.114. The summed E-state index contributed by atoms with van der Waals surface area (Å²) in [6.45, 7) is 2.26. The minimum atomic E-state index is -0.0316. The highest BCUT2D eigenvalue weighted by Gasteiger charge is 2.42. The highest BCUT2D eigenvalue weighted by Crippen LogP contribution is 2.50. The van der Waals surface area contributed by atoms with Crippen molar-refractivity contribution in [3.05, 3.63) is 29.8 Å². The van der Waals surface area contributed by atoms with Gasteiger partial charge >= 0.3 is 0 Å². The van der Waals surface area contributed by atoms with E-state index in [1.165, 1.54) is 25.3 Å². The summed E-state index contributed by atoms with van der Waals surface area (Å²) >= 11 is 0. The molecule has 0 heterocycles. The normalized spacial score (nSPS) is 16.9. The maximum absolute atomic E-state index is 10.9. The summed E-state index contributed by atoms with van der Waals surface area (Å²) in [5, 5.41) is 2.77. The molecule has 0 aliphatic heterocycles. The van der Waals surface area contributed by atoms with E-state index >= 15 is 0 Å². The maximum Gasteiger partial charge on any atom is 0.221 e. The molecule has 3 N–H and O–H groups in total. The number of hydrogen-bond acceptors (Lipinski definition) is 2. The number of nitrogens with two attached hydrogens (primary N) is 1. The molecule has 1 aromatic carbocycles. The van der Waals surface area contributed by atoms with E-state index in [-0.39, 0.29) is 5.91 Å². The number of benzene rings is 1. The van der Waals surface area contributed by atoms with Crippen molar-refractivity contribution in [2.45, 2.75) is 31.6 Å². The minimum absolute atomic E-state index is 0.0316. The van der Waals surface area contributed by atoms with Gasteiger partial charge in [-0.1, -0.05) is 12.1 Å². The van der Waals surface area contributed by atoms with Gasteiger partial charge in [-0.25, -0.2) is 0 Å². The van der Waals surface area contributed by atoms with Crippen molar-refractivity contribution in [2.24, 2.45) is 5.73 Å². The Balaban J connectivity index is 2.10. The zero-order chi connectivity index (χ0) is 11.6. The number of rotatable bonds is 4. The largest absolute Gasteiger partial charge is 0.330 e. The van der Waals surface area contributed by atoms with Crippen LogP contribution < -0.4 is 11.1 Å². The molecular weight excluding hydrogens is 200 g/mol. The molecule has 1 aliphatic carbocycles. The molecule has 0 aromatic heterocycles. The van der Waals surface area contributed by atoms with E-state index in [0.717, 1.165) is 18.7 Å². The molecule has 0 spiro atoms. The van der Waals surface area contributed by atoms with Gasteiger partial charge in [0.2, 0.25) is 5.91 Å². The van der Waals surface area contributed by atoms with Crippen LogP contribution in [0.5, 0.6) is 0 Å². The van der Waals surface area contributed by atoms with Crippen molar-refractivity contribution in [3.63, 3.8) is 0 Å². The van der Waals surface area contributed by atoms with Crippen LogP contribution in [0, 0.1) is 0 Å². The molecule has 2 rings (SSSR count). The van der Waals surface area contributed by atoms with Gasteiger partial charge < -0.3 is 11.1 Å². The average molecular weight is 218 g/mol. The third kappa shape index (κ3) is 2.25. The van der Waals surface area contributed by atoms with E-state index in [0.29, 0.717) is 5.41 Å². The van der Waals surface area contributed by atoms with Crippen LogP contribution in [0.15, 0.2) is 24.3 Å².